The van der Waals surface area contributed by atoms with Crippen LogP contribution in [-0.2, 0) is 4.79 Å². The lowest BCUT2D eigenvalue weighted by atomic mass is 9.96. The molecule has 2 atom stereocenters. The molecule has 0 spiro atoms. The van der Waals surface area contributed by atoms with Gasteiger partial charge in [-0.1, -0.05) is 12.8 Å². The highest BCUT2D eigenvalue weighted by atomic mass is 16.6. The van der Waals surface area contributed by atoms with Gasteiger partial charge in [0.15, 0.2) is 0 Å². The molecule has 0 aromatic carbocycles. The molecule has 0 radical (unpaired) electrons. The highest BCUT2D eigenvalue weighted by Crippen LogP contribution is 2.35. The summed E-state index contributed by atoms with van der Waals surface area (Å²) in [5, 5.41) is 13.4. The number of carbonyl (C=O) groups excluding carboxylic acids is 1. The quantitative estimate of drug-likeness (QED) is 0.578. The minimum atomic E-state index is -0.649. The number of carbonyl (C=O) groups is 1. The normalized spacial score (nSPS) is 29.3. The third-order valence-electron chi connectivity index (χ3n) is 4.44. The van der Waals surface area contributed by atoms with E-state index in [2.05, 4.69) is 10.2 Å². The van der Waals surface area contributed by atoms with Gasteiger partial charge in [0.1, 0.15) is 5.92 Å². The fourth-order valence-corrected chi connectivity index (χ4v) is 2.89. The molecule has 1 amide bonds. The van der Waals surface area contributed by atoms with Crippen molar-refractivity contribution in [2.45, 2.75) is 43.7 Å². The Hall–Kier alpha value is -1.17. The average Bonchev–Trinajstić information content (AvgIpc) is 2.98. The summed E-state index contributed by atoms with van der Waals surface area (Å²) in [6.07, 6.45) is 4.95. The van der Waals surface area contributed by atoms with Crippen LogP contribution in [0.4, 0.5) is 0 Å². The van der Waals surface area contributed by atoms with Gasteiger partial charge in [-0.05, 0) is 26.9 Å². The topological polar surface area (TPSA) is 75.5 Å². The number of amides is 1. The molecule has 2 saturated carbocycles. The molecule has 1 N–H and O–H groups in total. The second kappa shape index (κ2) is 4.84. The van der Waals surface area contributed by atoms with Crippen LogP contribution in [0.3, 0.4) is 0 Å². The zero-order chi connectivity index (χ0) is 13.3. The van der Waals surface area contributed by atoms with E-state index < -0.39 is 12.0 Å². The van der Waals surface area contributed by atoms with Crippen LogP contribution in [0.15, 0.2) is 0 Å². The minimum Gasteiger partial charge on any atom is -0.354 e. The second-order valence-corrected chi connectivity index (χ2v) is 5.74. The van der Waals surface area contributed by atoms with Gasteiger partial charge in [0, 0.05) is 23.4 Å². The van der Waals surface area contributed by atoms with Crippen LogP contribution in [0.25, 0.3) is 0 Å². The van der Waals surface area contributed by atoms with Crippen LogP contribution in [0.1, 0.15) is 32.1 Å². The molecule has 0 heterocycles. The Morgan fingerprint density at radius 2 is 2.06 bits per heavy atom. The van der Waals surface area contributed by atoms with E-state index in [4.69, 9.17) is 0 Å². The molecule has 0 unspecified atom stereocenters. The van der Waals surface area contributed by atoms with Gasteiger partial charge >= 0.3 is 0 Å². The van der Waals surface area contributed by atoms with Gasteiger partial charge in [-0.25, -0.2) is 0 Å². The van der Waals surface area contributed by atoms with E-state index >= 15 is 0 Å². The van der Waals surface area contributed by atoms with Crippen molar-refractivity contribution in [3.05, 3.63) is 10.1 Å². The third-order valence-corrected chi connectivity index (χ3v) is 4.44. The first-order valence-electron chi connectivity index (χ1n) is 6.55. The number of nitro groups is 1. The summed E-state index contributed by atoms with van der Waals surface area (Å²) in [6.45, 7) is 0.611. The molecule has 2 aliphatic carbocycles. The van der Waals surface area contributed by atoms with E-state index in [1.165, 1.54) is 12.8 Å². The Bertz CT molecular complexity index is 350. The lowest BCUT2D eigenvalue weighted by Crippen LogP contribution is -2.51. The standard InChI is InChI=1S/C12H21N3O3/c1-14(2)12(5-3-4-6-12)8-13-11(16)9-7-10(9)15(17)18/h9-10H,3-8H2,1-2H3,(H,13,16)/t9-,10-/m1/s1. The van der Waals surface area contributed by atoms with Crippen molar-refractivity contribution in [2.24, 2.45) is 5.92 Å². The predicted octanol–water partition coefficient (Wildman–Crippen LogP) is 0.642. The number of nitrogens with zero attached hydrogens (tertiary/aromatic N) is 2. The van der Waals surface area contributed by atoms with E-state index in [1.54, 1.807) is 0 Å². The second-order valence-electron chi connectivity index (χ2n) is 5.74. The Kier molecular flexibility index (Phi) is 3.56. The fourth-order valence-electron chi connectivity index (χ4n) is 2.89. The molecule has 0 aromatic rings. The smallest absolute Gasteiger partial charge is 0.230 e. The summed E-state index contributed by atoms with van der Waals surface area (Å²) in [7, 11) is 4.07. The van der Waals surface area contributed by atoms with Crippen molar-refractivity contribution in [1.29, 1.82) is 0 Å². The molecule has 2 fully saturated rings. The summed E-state index contributed by atoms with van der Waals surface area (Å²) in [4.78, 5) is 24.2. The molecule has 102 valence electrons. The molecule has 18 heavy (non-hydrogen) atoms. The first-order valence-corrected chi connectivity index (χ1v) is 6.55. The highest BCUT2D eigenvalue weighted by Gasteiger charge is 2.53. The molecule has 6 heteroatoms. The number of hydrogen-bond acceptors (Lipinski definition) is 4. The van der Waals surface area contributed by atoms with Gasteiger partial charge in [-0.2, -0.15) is 0 Å². The van der Waals surface area contributed by atoms with Gasteiger partial charge in [0.2, 0.25) is 11.9 Å². The van der Waals surface area contributed by atoms with Gasteiger partial charge < -0.3 is 10.2 Å². The molecule has 0 bridgehead atoms. The fraction of sp³-hybridized carbons (Fsp3) is 0.917. The number of nitrogens with one attached hydrogen (secondary N) is 1. The maximum Gasteiger partial charge on any atom is 0.230 e. The van der Waals surface area contributed by atoms with Crippen molar-refractivity contribution in [3.8, 4) is 0 Å². The van der Waals surface area contributed by atoms with E-state index in [1.807, 2.05) is 14.1 Å². The third kappa shape index (κ3) is 2.48. The van der Waals surface area contributed by atoms with E-state index in [0.717, 1.165) is 12.8 Å². The minimum absolute atomic E-state index is 0.0503. The van der Waals surface area contributed by atoms with Crippen molar-refractivity contribution in [3.63, 3.8) is 0 Å². The SMILES string of the molecule is CN(C)C1(CNC(=O)[C@@H]2C[C@H]2[N+](=O)[O-])CCCC1. The first kappa shape index (κ1) is 13.3. The Morgan fingerprint density at radius 3 is 2.50 bits per heavy atom. The van der Waals surface area contributed by atoms with Crippen molar-refractivity contribution < 1.29 is 9.72 Å². The number of rotatable bonds is 5. The highest BCUT2D eigenvalue weighted by molar-refractivity contribution is 5.82. The van der Waals surface area contributed by atoms with E-state index in [9.17, 15) is 14.9 Å². The molecule has 0 aromatic heterocycles. The first-order chi connectivity index (χ1) is 8.46. The van der Waals surface area contributed by atoms with Gasteiger partial charge in [-0.15, -0.1) is 0 Å². The largest absolute Gasteiger partial charge is 0.354 e. The summed E-state index contributed by atoms with van der Waals surface area (Å²) >= 11 is 0. The molecule has 0 aliphatic heterocycles. The van der Waals surface area contributed by atoms with Crippen molar-refractivity contribution in [2.75, 3.05) is 20.6 Å². The number of hydrogen-bond donors (Lipinski definition) is 1. The summed E-state index contributed by atoms with van der Waals surface area (Å²) in [5.74, 6) is -0.551. The molecule has 2 rings (SSSR count). The lowest BCUT2D eigenvalue weighted by molar-refractivity contribution is -0.497. The van der Waals surface area contributed by atoms with Crippen LogP contribution in [0.2, 0.25) is 0 Å². The van der Waals surface area contributed by atoms with Gasteiger partial charge in [-0.3, -0.25) is 14.9 Å². The Morgan fingerprint density at radius 1 is 1.44 bits per heavy atom. The molecule has 2 aliphatic rings. The zero-order valence-electron chi connectivity index (χ0n) is 11.0. The Balaban J connectivity index is 1.84. The summed E-state index contributed by atoms with van der Waals surface area (Å²) in [5.41, 5.74) is 0.0503. The van der Waals surface area contributed by atoms with E-state index in [-0.39, 0.29) is 16.4 Å². The van der Waals surface area contributed by atoms with Gasteiger partial charge in [0.05, 0.1) is 0 Å². The molecular formula is C12H21N3O3. The summed E-state index contributed by atoms with van der Waals surface area (Å²) < 4.78 is 0. The van der Waals surface area contributed by atoms with Crippen molar-refractivity contribution >= 4 is 5.91 Å². The van der Waals surface area contributed by atoms with Crippen LogP contribution < -0.4 is 5.32 Å². The number of likely N-dealkylation sites (N-methyl/N-ethyl adjacent to an activating group) is 1. The maximum absolute atomic E-state index is 11.8. The Labute approximate surface area is 107 Å². The van der Waals surface area contributed by atoms with Crippen LogP contribution in [-0.4, -0.2) is 48.0 Å². The van der Waals surface area contributed by atoms with Crippen LogP contribution >= 0.6 is 0 Å². The lowest BCUT2D eigenvalue weighted by Gasteiger charge is -2.36. The van der Waals surface area contributed by atoms with Crippen LogP contribution in [0.5, 0.6) is 0 Å². The zero-order valence-corrected chi connectivity index (χ0v) is 11.0. The molecule has 0 saturated heterocycles. The monoisotopic (exact) mass is 255 g/mol. The maximum atomic E-state index is 11.8. The summed E-state index contributed by atoms with van der Waals surface area (Å²) in [6, 6.07) is -0.649. The molecule has 6 nitrogen and oxygen atoms in total. The van der Waals surface area contributed by atoms with Gasteiger partial charge in [0.25, 0.3) is 0 Å². The average molecular weight is 255 g/mol. The van der Waals surface area contributed by atoms with E-state index in [0.29, 0.717) is 13.0 Å². The molecular weight excluding hydrogens is 234 g/mol. The van der Waals surface area contributed by atoms with Crippen molar-refractivity contribution in [1.82, 2.24) is 10.2 Å². The predicted molar refractivity (Wildman–Crippen MR) is 66.8 cm³/mol. The van der Waals surface area contributed by atoms with Crippen LogP contribution in [0, 0.1) is 16.0 Å².